The van der Waals surface area contributed by atoms with E-state index in [9.17, 15) is 14.4 Å². The second-order valence-electron chi connectivity index (χ2n) is 10.9. The maximum absolute atomic E-state index is 12.8. The standard InChI is InChI=1S/C30H35ClN2O4/c31-26-18-23(8-7-21(26)9-12-28(34)33-15-13-22(14-16-33)30(36)37)25(17-19-3-1-2-4-19)27-11-10-24(20-5-6-20)29(35)32-27/h7-8,10-11,17-20,22H,1-6,9,12-16H2,(H,32,35)(H,36,37)/b25-17+. The van der Waals surface area contributed by atoms with E-state index in [4.69, 9.17) is 16.7 Å². The van der Waals surface area contributed by atoms with Crippen LogP contribution in [0.5, 0.6) is 0 Å². The van der Waals surface area contributed by atoms with Crippen LogP contribution in [-0.2, 0) is 16.0 Å². The van der Waals surface area contributed by atoms with E-state index in [0.29, 0.717) is 55.6 Å². The Hall–Kier alpha value is -2.86. The minimum atomic E-state index is -0.775. The first kappa shape index (κ1) is 25.8. The number of allylic oxidation sites excluding steroid dienone is 1. The molecule has 1 aromatic carbocycles. The Balaban J connectivity index is 1.30. The first-order valence-electron chi connectivity index (χ1n) is 13.6. The lowest BCUT2D eigenvalue weighted by atomic mass is 9.94. The Morgan fingerprint density at radius 2 is 1.76 bits per heavy atom. The van der Waals surface area contributed by atoms with Crippen LogP contribution in [0.3, 0.4) is 0 Å². The molecule has 2 aliphatic carbocycles. The number of nitrogens with one attached hydrogen (secondary N) is 1. The van der Waals surface area contributed by atoms with Gasteiger partial charge in [0.2, 0.25) is 5.91 Å². The molecule has 0 radical (unpaired) electrons. The van der Waals surface area contributed by atoms with E-state index in [1.807, 2.05) is 30.3 Å². The SMILES string of the molecule is O=C(O)C1CCN(C(=O)CCc2ccc(/C(=C\C3CCCC3)c3ccc(C4CC4)c(=O)[nH]3)cc2Cl)CC1. The normalized spacial score (nSPS) is 19.4. The van der Waals surface area contributed by atoms with Gasteiger partial charge in [0.1, 0.15) is 0 Å². The van der Waals surface area contributed by atoms with Crippen molar-refractivity contribution in [3.63, 3.8) is 0 Å². The van der Waals surface area contributed by atoms with Gasteiger partial charge in [-0.3, -0.25) is 14.4 Å². The summed E-state index contributed by atoms with van der Waals surface area (Å²) in [6, 6.07) is 9.99. The van der Waals surface area contributed by atoms with Crippen LogP contribution in [0.25, 0.3) is 5.57 Å². The summed E-state index contributed by atoms with van der Waals surface area (Å²) < 4.78 is 0. The second-order valence-corrected chi connectivity index (χ2v) is 11.3. The van der Waals surface area contributed by atoms with Gasteiger partial charge in [-0.25, -0.2) is 0 Å². The van der Waals surface area contributed by atoms with E-state index in [1.165, 1.54) is 12.8 Å². The van der Waals surface area contributed by atoms with Gasteiger partial charge in [-0.1, -0.05) is 48.7 Å². The van der Waals surface area contributed by atoms with Gasteiger partial charge >= 0.3 is 5.97 Å². The van der Waals surface area contributed by atoms with E-state index >= 15 is 0 Å². The highest BCUT2D eigenvalue weighted by atomic mass is 35.5. The highest BCUT2D eigenvalue weighted by Crippen LogP contribution is 2.39. The van der Waals surface area contributed by atoms with Gasteiger partial charge in [-0.15, -0.1) is 0 Å². The third-order valence-corrected chi connectivity index (χ3v) is 8.57. The molecule has 37 heavy (non-hydrogen) atoms. The summed E-state index contributed by atoms with van der Waals surface area (Å²) in [5.41, 5.74) is 4.61. The number of aromatic nitrogens is 1. The van der Waals surface area contributed by atoms with Crippen molar-refractivity contribution in [3.05, 3.63) is 74.2 Å². The fourth-order valence-electron chi connectivity index (χ4n) is 5.75. The third-order valence-electron chi connectivity index (χ3n) is 8.22. The Morgan fingerprint density at radius 3 is 2.38 bits per heavy atom. The lowest BCUT2D eigenvalue weighted by Crippen LogP contribution is -2.40. The number of carboxylic acids is 1. The number of carbonyl (C=O) groups is 2. The molecule has 7 heteroatoms. The number of H-pyrrole nitrogens is 1. The van der Waals surface area contributed by atoms with Crippen molar-refractivity contribution in [1.82, 2.24) is 9.88 Å². The molecule has 1 aliphatic heterocycles. The molecule has 1 saturated heterocycles. The van der Waals surface area contributed by atoms with Crippen LogP contribution >= 0.6 is 11.6 Å². The molecule has 1 aromatic heterocycles. The van der Waals surface area contributed by atoms with Gasteiger partial charge in [0.15, 0.2) is 0 Å². The molecule has 3 aliphatic rings. The highest BCUT2D eigenvalue weighted by molar-refractivity contribution is 6.31. The summed E-state index contributed by atoms with van der Waals surface area (Å²) in [5.74, 6) is -0.192. The number of carboxylic acid groups (broad SMARTS) is 1. The minimum Gasteiger partial charge on any atom is -0.481 e. The smallest absolute Gasteiger partial charge is 0.306 e. The number of benzene rings is 1. The van der Waals surface area contributed by atoms with Gasteiger partial charge in [-0.05, 0) is 80.0 Å². The van der Waals surface area contributed by atoms with Crippen LogP contribution in [0.2, 0.25) is 5.02 Å². The number of amides is 1. The minimum absolute atomic E-state index is 0.00550. The number of piperidine rings is 1. The maximum Gasteiger partial charge on any atom is 0.306 e. The molecule has 3 fully saturated rings. The number of aliphatic carboxylic acids is 1. The molecule has 196 valence electrons. The van der Waals surface area contributed by atoms with Crippen molar-refractivity contribution >= 4 is 29.1 Å². The van der Waals surface area contributed by atoms with E-state index in [0.717, 1.165) is 53.6 Å². The number of pyridine rings is 1. The van der Waals surface area contributed by atoms with Crippen molar-refractivity contribution in [2.45, 2.75) is 70.1 Å². The Bertz CT molecular complexity index is 1250. The molecule has 6 nitrogen and oxygen atoms in total. The fraction of sp³-hybridized carbons (Fsp3) is 0.500. The van der Waals surface area contributed by atoms with E-state index in [1.54, 1.807) is 4.90 Å². The lowest BCUT2D eigenvalue weighted by molar-refractivity contribution is -0.145. The van der Waals surface area contributed by atoms with Crippen molar-refractivity contribution in [1.29, 1.82) is 0 Å². The highest BCUT2D eigenvalue weighted by Gasteiger charge is 2.28. The lowest BCUT2D eigenvalue weighted by Gasteiger charge is -2.30. The summed E-state index contributed by atoms with van der Waals surface area (Å²) in [6.45, 7) is 0.991. The molecule has 0 spiro atoms. The van der Waals surface area contributed by atoms with Gasteiger partial charge in [0, 0.05) is 41.4 Å². The molecule has 5 rings (SSSR count). The van der Waals surface area contributed by atoms with Crippen molar-refractivity contribution in [3.8, 4) is 0 Å². The van der Waals surface area contributed by atoms with Gasteiger partial charge in [0.25, 0.3) is 5.56 Å². The summed E-state index contributed by atoms with van der Waals surface area (Å²) >= 11 is 6.72. The summed E-state index contributed by atoms with van der Waals surface area (Å²) in [4.78, 5) is 41.6. The van der Waals surface area contributed by atoms with Crippen LogP contribution in [0.1, 0.15) is 86.1 Å². The number of nitrogens with zero attached hydrogens (tertiary/aromatic N) is 1. The molecule has 2 N–H and O–H groups in total. The fourth-order valence-corrected chi connectivity index (χ4v) is 6.03. The monoisotopic (exact) mass is 522 g/mol. The molecule has 1 amide bonds. The molecule has 0 bridgehead atoms. The molecule has 2 saturated carbocycles. The van der Waals surface area contributed by atoms with Gasteiger partial charge in [-0.2, -0.15) is 0 Å². The predicted octanol–water partition coefficient (Wildman–Crippen LogP) is 5.78. The summed E-state index contributed by atoms with van der Waals surface area (Å²) in [7, 11) is 0. The van der Waals surface area contributed by atoms with Gasteiger partial charge in [0.05, 0.1) is 5.92 Å². The Labute approximate surface area is 222 Å². The number of likely N-dealkylation sites (tertiary alicyclic amines) is 1. The number of rotatable bonds is 8. The van der Waals surface area contributed by atoms with Crippen LogP contribution in [0.15, 0.2) is 41.2 Å². The quantitative estimate of drug-likeness (QED) is 0.459. The second kappa shape index (κ2) is 11.3. The van der Waals surface area contributed by atoms with Crippen molar-refractivity contribution in [2.75, 3.05) is 13.1 Å². The number of aryl methyl sites for hydroxylation is 1. The molecular formula is C30H35ClN2O4. The predicted molar refractivity (Wildman–Crippen MR) is 145 cm³/mol. The Morgan fingerprint density at radius 1 is 1.03 bits per heavy atom. The number of hydrogen-bond donors (Lipinski definition) is 2. The third kappa shape index (κ3) is 6.18. The largest absolute Gasteiger partial charge is 0.481 e. The first-order chi connectivity index (χ1) is 17.9. The van der Waals surface area contributed by atoms with Crippen LogP contribution in [-0.4, -0.2) is 40.0 Å². The van der Waals surface area contributed by atoms with E-state index in [2.05, 4.69) is 11.1 Å². The molecule has 2 aromatic rings. The van der Waals surface area contributed by atoms with Gasteiger partial charge < -0.3 is 15.0 Å². The number of carbonyl (C=O) groups excluding carboxylic acids is 1. The Kier molecular flexibility index (Phi) is 7.84. The zero-order chi connectivity index (χ0) is 25.9. The zero-order valence-electron chi connectivity index (χ0n) is 21.2. The summed E-state index contributed by atoms with van der Waals surface area (Å²) in [5, 5.41) is 9.78. The number of hydrogen-bond acceptors (Lipinski definition) is 3. The summed E-state index contributed by atoms with van der Waals surface area (Å²) in [6.07, 6.45) is 11.2. The molecule has 0 unspecified atom stereocenters. The maximum atomic E-state index is 12.8. The van der Waals surface area contributed by atoms with Crippen molar-refractivity contribution in [2.24, 2.45) is 11.8 Å². The average molecular weight is 523 g/mol. The number of halogens is 1. The van der Waals surface area contributed by atoms with Crippen molar-refractivity contribution < 1.29 is 14.7 Å². The molecule has 2 heterocycles. The van der Waals surface area contributed by atoms with Crippen LogP contribution in [0, 0.1) is 11.8 Å². The van der Waals surface area contributed by atoms with Crippen LogP contribution in [0.4, 0.5) is 0 Å². The van der Waals surface area contributed by atoms with E-state index in [-0.39, 0.29) is 17.4 Å². The number of aromatic amines is 1. The first-order valence-corrected chi connectivity index (χ1v) is 14.0. The molecular weight excluding hydrogens is 488 g/mol. The average Bonchev–Trinajstić information content (AvgIpc) is 3.60. The zero-order valence-corrected chi connectivity index (χ0v) is 21.9. The van der Waals surface area contributed by atoms with Crippen LogP contribution < -0.4 is 5.56 Å². The molecule has 0 atom stereocenters. The van der Waals surface area contributed by atoms with E-state index < -0.39 is 5.97 Å². The topological polar surface area (TPSA) is 90.5 Å².